The van der Waals surface area contributed by atoms with Gasteiger partial charge in [0.2, 0.25) is 0 Å². The van der Waals surface area contributed by atoms with E-state index in [-0.39, 0.29) is 0 Å². The molecule has 2 aromatic carbocycles. The van der Waals surface area contributed by atoms with Gasteiger partial charge in [-0.2, -0.15) is 0 Å². The van der Waals surface area contributed by atoms with Crippen LogP contribution in [0, 0.1) is 0 Å². The van der Waals surface area contributed by atoms with E-state index in [9.17, 15) is 0 Å². The van der Waals surface area contributed by atoms with Crippen LogP contribution < -0.4 is 0 Å². The van der Waals surface area contributed by atoms with E-state index in [2.05, 4.69) is 24.0 Å². The van der Waals surface area contributed by atoms with Crippen LogP contribution in [0.2, 0.25) is 10.0 Å². The largest absolute Gasteiger partial charge is 0.464 e. The third-order valence-electron chi connectivity index (χ3n) is 4.35. The average Bonchev–Trinajstić information content (AvgIpc) is 3.05. The van der Waals surface area contributed by atoms with E-state index in [1.54, 1.807) is 12.3 Å². The van der Waals surface area contributed by atoms with Crippen molar-refractivity contribution < 1.29 is 4.42 Å². The standard InChI is InChI=1S/C21H15Cl2NO/c1-2-13-12-25-20-9-15(14-4-3-7-24-11-14)8-18(21(13)20)17-6-5-16(22)10-19(17)23/h3-12H,2H2,1H3. The number of aryl methyl sites for hydroxylation is 1. The molecule has 0 atom stereocenters. The van der Waals surface area contributed by atoms with Crippen LogP contribution in [0.25, 0.3) is 33.2 Å². The highest BCUT2D eigenvalue weighted by Gasteiger charge is 2.16. The Morgan fingerprint density at radius 1 is 1.00 bits per heavy atom. The van der Waals surface area contributed by atoms with Gasteiger partial charge in [0.25, 0.3) is 0 Å². The fourth-order valence-corrected chi connectivity index (χ4v) is 3.62. The molecule has 2 heterocycles. The lowest BCUT2D eigenvalue weighted by Gasteiger charge is -2.11. The number of rotatable bonds is 3. The summed E-state index contributed by atoms with van der Waals surface area (Å²) in [5.74, 6) is 0. The number of aromatic nitrogens is 1. The van der Waals surface area contributed by atoms with Crippen molar-refractivity contribution >= 4 is 34.2 Å². The maximum absolute atomic E-state index is 6.50. The van der Waals surface area contributed by atoms with Crippen molar-refractivity contribution in [2.24, 2.45) is 0 Å². The summed E-state index contributed by atoms with van der Waals surface area (Å²) in [6, 6.07) is 13.7. The lowest BCUT2D eigenvalue weighted by molar-refractivity contribution is 0.611. The van der Waals surface area contributed by atoms with Gasteiger partial charge in [-0.05, 0) is 53.4 Å². The first-order chi connectivity index (χ1) is 12.2. The van der Waals surface area contributed by atoms with Crippen LogP contribution in [0.5, 0.6) is 0 Å². The average molecular weight is 368 g/mol. The van der Waals surface area contributed by atoms with Gasteiger partial charge in [-0.15, -0.1) is 0 Å². The second-order valence-corrected chi connectivity index (χ2v) is 6.72. The molecule has 0 aliphatic heterocycles. The Morgan fingerprint density at radius 2 is 1.88 bits per heavy atom. The third kappa shape index (κ3) is 2.92. The van der Waals surface area contributed by atoms with Crippen molar-refractivity contribution in [3.63, 3.8) is 0 Å². The molecule has 0 radical (unpaired) electrons. The van der Waals surface area contributed by atoms with Crippen LogP contribution in [0.1, 0.15) is 12.5 Å². The summed E-state index contributed by atoms with van der Waals surface area (Å²) in [5.41, 5.74) is 6.07. The Bertz CT molecular complexity index is 1050. The van der Waals surface area contributed by atoms with Crippen molar-refractivity contribution in [2.45, 2.75) is 13.3 Å². The first-order valence-corrected chi connectivity index (χ1v) is 8.83. The fourth-order valence-electron chi connectivity index (χ4n) is 3.11. The van der Waals surface area contributed by atoms with E-state index in [0.717, 1.165) is 45.2 Å². The molecular formula is C21H15Cl2NO. The minimum Gasteiger partial charge on any atom is -0.464 e. The van der Waals surface area contributed by atoms with Gasteiger partial charge >= 0.3 is 0 Å². The molecule has 0 aliphatic rings. The highest BCUT2D eigenvalue weighted by atomic mass is 35.5. The molecule has 2 nitrogen and oxygen atoms in total. The van der Waals surface area contributed by atoms with Crippen LogP contribution in [0.15, 0.2) is 65.5 Å². The van der Waals surface area contributed by atoms with Gasteiger partial charge in [0.15, 0.2) is 0 Å². The molecule has 0 saturated carbocycles. The Kier molecular flexibility index (Phi) is 4.24. The minimum absolute atomic E-state index is 0.622. The predicted molar refractivity (Wildman–Crippen MR) is 104 cm³/mol. The maximum Gasteiger partial charge on any atom is 0.135 e. The number of benzene rings is 2. The lowest BCUT2D eigenvalue weighted by Crippen LogP contribution is -1.88. The van der Waals surface area contributed by atoms with Crippen LogP contribution >= 0.6 is 23.2 Å². The maximum atomic E-state index is 6.50. The second kappa shape index (κ2) is 6.55. The van der Waals surface area contributed by atoms with E-state index in [0.29, 0.717) is 10.0 Å². The molecule has 4 rings (SSSR count). The summed E-state index contributed by atoms with van der Waals surface area (Å²) in [4.78, 5) is 4.22. The first kappa shape index (κ1) is 16.2. The smallest absolute Gasteiger partial charge is 0.135 e. The van der Waals surface area contributed by atoms with Gasteiger partial charge in [0.1, 0.15) is 5.58 Å². The summed E-state index contributed by atoms with van der Waals surface area (Å²) < 4.78 is 5.84. The van der Waals surface area contributed by atoms with Gasteiger partial charge < -0.3 is 4.42 Å². The Morgan fingerprint density at radius 3 is 2.60 bits per heavy atom. The number of halogens is 2. The predicted octanol–water partition coefficient (Wildman–Crippen LogP) is 7.03. The zero-order valence-electron chi connectivity index (χ0n) is 13.6. The number of pyridine rings is 1. The van der Waals surface area contributed by atoms with Gasteiger partial charge in [-0.3, -0.25) is 4.98 Å². The van der Waals surface area contributed by atoms with E-state index in [4.69, 9.17) is 27.6 Å². The molecule has 4 aromatic rings. The quantitative estimate of drug-likeness (QED) is 0.388. The summed E-state index contributed by atoms with van der Waals surface area (Å²) in [6.07, 6.45) is 6.32. The third-order valence-corrected chi connectivity index (χ3v) is 4.90. The zero-order valence-corrected chi connectivity index (χ0v) is 15.1. The molecule has 0 fully saturated rings. The van der Waals surface area contributed by atoms with E-state index in [1.807, 2.05) is 36.7 Å². The molecule has 0 spiro atoms. The van der Waals surface area contributed by atoms with Gasteiger partial charge in [0.05, 0.1) is 6.26 Å². The van der Waals surface area contributed by atoms with Crippen molar-refractivity contribution in [2.75, 3.05) is 0 Å². The Balaban J connectivity index is 2.04. The molecule has 0 bridgehead atoms. The second-order valence-electron chi connectivity index (χ2n) is 5.88. The summed E-state index contributed by atoms with van der Waals surface area (Å²) in [5, 5.41) is 2.34. The number of hydrogen-bond acceptors (Lipinski definition) is 2. The van der Waals surface area contributed by atoms with E-state index in [1.165, 1.54) is 0 Å². The van der Waals surface area contributed by atoms with Crippen LogP contribution in [0.4, 0.5) is 0 Å². The molecule has 2 aromatic heterocycles. The molecule has 124 valence electrons. The number of fused-ring (bicyclic) bond motifs is 1. The van der Waals surface area contributed by atoms with E-state index < -0.39 is 0 Å². The summed E-state index contributed by atoms with van der Waals surface area (Å²) >= 11 is 12.6. The van der Waals surface area contributed by atoms with Crippen molar-refractivity contribution in [3.8, 4) is 22.3 Å². The van der Waals surface area contributed by atoms with Crippen LogP contribution in [-0.4, -0.2) is 4.98 Å². The first-order valence-electron chi connectivity index (χ1n) is 8.07. The molecule has 0 amide bonds. The van der Waals surface area contributed by atoms with Crippen LogP contribution in [-0.2, 0) is 6.42 Å². The molecule has 0 aliphatic carbocycles. The molecule has 4 heteroatoms. The van der Waals surface area contributed by atoms with Crippen molar-refractivity contribution in [3.05, 3.63) is 76.7 Å². The summed E-state index contributed by atoms with van der Waals surface area (Å²) in [7, 11) is 0. The molecule has 25 heavy (non-hydrogen) atoms. The Hall–Kier alpha value is -2.29. The van der Waals surface area contributed by atoms with Crippen molar-refractivity contribution in [1.29, 1.82) is 0 Å². The monoisotopic (exact) mass is 367 g/mol. The highest BCUT2D eigenvalue weighted by Crippen LogP contribution is 2.40. The van der Waals surface area contributed by atoms with Gasteiger partial charge in [0, 0.05) is 39.0 Å². The molecule has 0 N–H and O–H groups in total. The van der Waals surface area contributed by atoms with Gasteiger partial charge in [-0.1, -0.05) is 42.3 Å². The number of nitrogens with zero attached hydrogens (tertiary/aromatic N) is 1. The lowest BCUT2D eigenvalue weighted by atomic mass is 9.94. The molecule has 0 unspecified atom stereocenters. The SMILES string of the molecule is CCc1coc2cc(-c3cccnc3)cc(-c3ccc(Cl)cc3Cl)c12. The number of hydrogen-bond donors (Lipinski definition) is 0. The topological polar surface area (TPSA) is 26.0 Å². The Labute approximate surface area is 156 Å². The van der Waals surface area contributed by atoms with Gasteiger partial charge in [-0.25, -0.2) is 0 Å². The molecular weight excluding hydrogens is 353 g/mol. The van der Waals surface area contributed by atoms with E-state index >= 15 is 0 Å². The summed E-state index contributed by atoms with van der Waals surface area (Å²) in [6.45, 7) is 2.12. The van der Waals surface area contributed by atoms with Crippen molar-refractivity contribution in [1.82, 2.24) is 4.98 Å². The zero-order chi connectivity index (χ0) is 17.4. The highest BCUT2D eigenvalue weighted by molar-refractivity contribution is 6.36. The minimum atomic E-state index is 0.622. The van der Waals surface area contributed by atoms with Crippen LogP contribution in [0.3, 0.4) is 0 Å². The fraction of sp³-hybridized carbons (Fsp3) is 0.0952. The number of furan rings is 1. The molecule has 0 saturated heterocycles. The normalized spacial score (nSPS) is 11.2.